The van der Waals surface area contributed by atoms with Crippen LogP contribution in [0, 0.1) is 0 Å². The minimum Gasteiger partial charge on any atom is -0.213 e. The molecule has 5 heteroatoms. The van der Waals surface area contributed by atoms with Gasteiger partial charge in [0.25, 0.3) is 0 Å². The second kappa shape index (κ2) is 18.1. The zero-order valence-corrected chi connectivity index (χ0v) is 26.3. The van der Waals surface area contributed by atoms with E-state index < -0.39 is 15.8 Å². The van der Waals surface area contributed by atoms with Gasteiger partial charge in [-0.1, -0.05) is 121 Å². The van der Waals surface area contributed by atoms with Crippen molar-refractivity contribution in [3.8, 4) is 0 Å². The fraction of sp³-hybridized carbons (Fsp3) is 0.0286. The van der Waals surface area contributed by atoms with E-state index in [1.807, 2.05) is 0 Å². The molecule has 0 atom stereocenters. The summed E-state index contributed by atoms with van der Waals surface area (Å²) in [6, 6.07) is 60.5. The third-order valence-corrected chi connectivity index (χ3v) is 10.8. The summed E-state index contributed by atoms with van der Waals surface area (Å²) in [5.41, 5.74) is 0. The SMILES string of the molecule is ClCCl.[Fe+2].c1ccc(P(c2ccccc2)c2ccc[cH-]2)cc1.c1ccc(P(c2ccccc2)c2ccc[cH-]2)cc1. The largest absolute Gasteiger partial charge is 2.00 e. The van der Waals surface area contributed by atoms with Gasteiger partial charge in [0.05, 0.1) is 5.34 Å². The molecule has 0 aliphatic carbocycles. The predicted octanol–water partition coefficient (Wildman–Crippen LogP) is 7.75. The molecule has 0 amide bonds. The van der Waals surface area contributed by atoms with E-state index >= 15 is 0 Å². The molecule has 0 nitrogen and oxygen atoms in total. The molecule has 0 spiro atoms. The molecule has 6 aromatic rings. The molecule has 0 aliphatic rings. The van der Waals surface area contributed by atoms with Gasteiger partial charge in [-0.15, -0.1) is 33.8 Å². The summed E-state index contributed by atoms with van der Waals surface area (Å²) in [5, 5.41) is 8.66. The normalized spacial score (nSPS) is 10.1. The second-order valence-electron chi connectivity index (χ2n) is 8.40. The molecule has 0 bridgehead atoms. The summed E-state index contributed by atoms with van der Waals surface area (Å²) in [6.45, 7) is 0. The van der Waals surface area contributed by atoms with Crippen LogP contribution in [0.3, 0.4) is 0 Å². The van der Waals surface area contributed by atoms with Crippen LogP contribution in [0.5, 0.6) is 0 Å². The van der Waals surface area contributed by atoms with Gasteiger partial charge in [0.15, 0.2) is 0 Å². The monoisotopic (exact) mass is 638 g/mol. The Kier molecular flexibility index (Phi) is 14.5. The Morgan fingerprint density at radius 2 is 0.650 bits per heavy atom. The first-order valence-corrected chi connectivity index (χ1v) is 16.4. The van der Waals surface area contributed by atoms with Gasteiger partial charge in [-0.2, -0.15) is 24.3 Å². The number of rotatable bonds is 6. The van der Waals surface area contributed by atoms with Crippen LogP contribution in [0.2, 0.25) is 0 Å². The summed E-state index contributed by atoms with van der Waals surface area (Å²) in [4.78, 5) is 0. The number of halogens is 2. The van der Waals surface area contributed by atoms with Crippen LogP contribution in [-0.2, 0) is 17.1 Å². The molecule has 0 aromatic heterocycles. The first-order chi connectivity index (χ1) is 19.3. The quantitative estimate of drug-likeness (QED) is 0.0758. The van der Waals surface area contributed by atoms with Gasteiger partial charge in [0.1, 0.15) is 0 Å². The predicted molar refractivity (Wildman–Crippen MR) is 178 cm³/mol. The van der Waals surface area contributed by atoms with Crippen LogP contribution in [0.25, 0.3) is 0 Å². The van der Waals surface area contributed by atoms with Gasteiger partial charge in [-0.25, -0.2) is 24.3 Å². The summed E-state index contributed by atoms with van der Waals surface area (Å²) >= 11 is 9.53. The van der Waals surface area contributed by atoms with Crippen LogP contribution in [-0.4, -0.2) is 5.34 Å². The summed E-state index contributed by atoms with van der Waals surface area (Å²) in [5.74, 6) is 0. The molecule has 0 aliphatic heterocycles. The molecule has 40 heavy (non-hydrogen) atoms. The minimum atomic E-state index is -0.409. The maximum absolute atomic E-state index is 4.76. The second-order valence-corrected chi connectivity index (χ2v) is 13.6. The number of hydrogen-bond acceptors (Lipinski definition) is 0. The Balaban J connectivity index is 0.000000197. The van der Waals surface area contributed by atoms with E-state index in [0.717, 1.165) is 0 Å². The third kappa shape index (κ3) is 9.29. The smallest absolute Gasteiger partial charge is 0.213 e. The number of benzene rings is 4. The number of hydrogen-bond donors (Lipinski definition) is 0. The summed E-state index contributed by atoms with van der Waals surface area (Å²) in [6.07, 6.45) is 0. The molecule has 0 saturated carbocycles. The first kappa shape index (κ1) is 32.1. The van der Waals surface area contributed by atoms with Crippen molar-refractivity contribution in [2.24, 2.45) is 0 Å². The van der Waals surface area contributed by atoms with E-state index in [1.54, 1.807) is 0 Å². The molecule has 0 heterocycles. The zero-order valence-electron chi connectivity index (χ0n) is 21.9. The Morgan fingerprint density at radius 3 is 0.850 bits per heavy atom. The topological polar surface area (TPSA) is 0 Å². The van der Waals surface area contributed by atoms with E-state index in [-0.39, 0.29) is 22.4 Å². The molecule has 0 radical (unpaired) electrons. The van der Waals surface area contributed by atoms with Crippen molar-refractivity contribution < 1.29 is 17.1 Å². The van der Waals surface area contributed by atoms with Crippen molar-refractivity contribution in [1.29, 1.82) is 0 Å². The van der Waals surface area contributed by atoms with Crippen molar-refractivity contribution in [3.63, 3.8) is 0 Å². The van der Waals surface area contributed by atoms with E-state index in [2.05, 4.69) is 170 Å². The van der Waals surface area contributed by atoms with Crippen molar-refractivity contribution in [3.05, 3.63) is 170 Å². The molecule has 0 fully saturated rings. The Labute approximate surface area is 261 Å². The first-order valence-electron chi connectivity index (χ1n) is 12.7. The molecular formula is C35H30Cl2FeP2. The molecule has 6 rings (SSSR count). The van der Waals surface area contributed by atoms with Crippen LogP contribution < -0.4 is 31.8 Å². The van der Waals surface area contributed by atoms with E-state index in [4.69, 9.17) is 23.2 Å². The standard InChI is InChI=1S/2C17H14P.CH2Cl2.Fe/c2*1-3-9-15(10-4-1)18(17-13-7-8-14-17)16-11-5-2-6-12-16;2-1-3;/h2*1-14H;1H2;/q2*-1;;+2. The molecule has 6 aromatic carbocycles. The molecule has 202 valence electrons. The van der Waals surface area contributed by atoms with Crippen LogP contribution in [0.4, 0.5) is 0 Å². The Morgan fingerprint density at radius 1 is 0.400 bits per heavy atom. The van der Waals surface area contributed by atoms with Crippen molar-refractivity contribution in [2.45, 2.75) is 0 Å². The van der Waals surface area contributed by atoms with Gasteiger partial charge in [-0.3, -0.25) is 0 Å². The molecule has 0 saturated heterocycles. The van der Waals surface area contributed by atoms with Crippen LogP contribution in [0.15, 0.2) is 170 Å². The van der Waals surface area contributed by atoms with Crippen molar-refractivity contribution >= 4 is 70.9 Å². The van der Waals surface area contributed by atoms with Crippen molar-refractivity contribution in [1.82, 2.24) is 0 Å². The van der Waals surface area contributed by atoms with Crippen LogP contribution >= 0.6 is 39.0 Å². The Bertz CT molecular complexity index is 1230. The molecule has 0 N–H and O–H groups in total. The average Bonchev–Trinajstić information content (AvgIpc) is 3.72. The number of alkyl halides is 2. The van der Waals surface area contributed by atoms with Crippen molar-refractivity contribution in [2.75, 3.05) is 5.34 Å². The fourth-order valence-corrected chi connectivity index (χ4v) is 8.84. The Hall–Kier alpha value is -2.46. The maximum Gasteiger partial charge on any atom is 2.00 e. The molecule has 0 unspecified atom stereocenters. The van der Waals surface area contributed by atoms with Gasteiger partial charge in [-0.05, 0) is 37.1 Å². The summed E-state index contributed by atoms with van der Waals surface area (Å²) < 4.78 is 0. The zero-order chi connectivity index (χ0) is 27.1. The maximum atomic E-state index is 4.76. The average molecular weight is 639 g/mol. The van der Waals surface area contributed by atoms with E-state index in [9.17, 15) is 0 Å². The van der Waals surface area contributed by atoms with E-state index in [1.165, 1.54) is 31.8 Å². The van der Waals surface area contributed by atoms with Gasteiger partial charge >= 0.3 is 17.1 Å². The van der Waals surface area contributed by atoms with Gasteiger partial charge < -0.3 is 0 Å². The third-order valence-electron chi connectivity index (χ3n) is 5.86. The minimum absolute atomic E-state index is 0. The van der Waals surface area contributed by atoms with Gasteiger partial charge in [0.2, 0.25) is 0 Å². The molecular weight excluding hydrogens is 609 g/mol. The van der Waals surface area contributed by atoms with Gasteiger partial charge in [0, 0.05) is 0 Å². The fourth-order valence-electron chi connectivity index (χ4n) is 4.23. The van der Waals surface area contributed by atoms with Crippen LogP contribution in [0.1, 0.15) is 0 Å². The summed E-state index contributed by atoms with van der Waals surface area (Å²) in [7, 11) is -0.818. The van der Waals surface area contributed by atoms with E-state index in [0.29, 0.717) is 0 Å².